The summed E-state index contributed by atoms with van der Waals surface area (Å²) in [5.74, 6) is -0.425. The van der Waals surface area contributed by atoms with Gasteiger partial charge in [0, 0.05) is 16.3 Å². The van der Waals surface area contributed by atoms with Gasteiger partial charge >= 0.3 is 5.97 Å². The third-order valence-electron chi connectivity index (χ3n) is 3.41. The number of carbonyl (C=O) groups is 2. The van der Waals surface area contributed by atoms with E-state index >= 15 is 0 Å². The smallest absolute Gasteiger partial charge is 0.339 e. The van der Waals surface area contributed by atoms with Crippen LogP contribution in [0.1, 0.15) is 33.5 Å². The Morgan fingerprint density at radius 2 is 2.14 bits per heavy atom. The van der Waals surface area contributed by atoms with Gasteiger partial charge in [0.2, 0.25) is 5.91 Å². The highest BCUT2D eigenvalue weighted by atomic mass is 32.1. The average molecular weight is 320 g/mol. The van der Waals surface area contributed by atoms with Crippen LogP contribution in [0, 0.1) is 13.8 Å². The third-order valence-corrected chi connectivity index (χ3v) is 4.29. The molecule has 22 heavy (non-hydrogen) atoms. The SMILES string of the molecule is CCOC(=O)c1cc(C)n(CC(=O)NCc2cccs2)c1C. The third kappa shape index (κ3) is 3.76. The molecule has 0 saturated heterocycles. The minimum atomic E-state index is -0.346. The Labute approximate surface area is 133 Å². The molecule has 0 spiro atoms. The van der Waals surface area contributed by atoms with Crippen molar-refractivity contribution in [1.82, 2.24) is 9.88 Å². The molecule has 5 nitrogen and oxygen atoms in total. The zero-order valence-electron chi connectivity index (χ0n) is 13.0. The summed E-state index contributed by atoms with van der Waals surface area (Å²) in [6.45, 7) is 6.54. The van der Waals surface area contributed by atoms with E-state index in [1.807, 2.05) is 35.9 Å². The van der Waals surface area contributed by atoms with Crippen LogP contribution >= 0.6 is 11.3 Å². The first-order valence-electron chi connectivity index (χ1n) is 7.15. The number of carbonyl (C=O) groups excluding carboxylic acids is 2. The largest absolute Gasteiger partial charge is 0.462 e. The van der Waals surface area contributed by atoms with Crippen molar-refractivity contribution in [3.8, 4) is 0 Å². The first-order valence-corrected chi connectivity index (χ1v) is 8.03. The molecule has 0 bridgehead atoms. The topological polar surface area (TPSA) is 60.3 Å². The molecule has 118 valence electrons. The molecule has 6 heteroatoms. The molecule has 0 fully saturated rings. The van der Waals surface area contributed by atoms with E-state index < -0.39 is 0 Å². The number of hydrogen-bond donors (Lipinski definition) is 1. The number of aryl methyl sites for hydroxylation is 1. The minimum absolute atomic E-state index is 0.0781. The zero-order valence-corrected chi connectivity index (χ0v) is 13.8. The van der Waals surface area contributed by atoms with Gasteiger partial charge in [-0.3, -0.25) is 4.79 Å². The highest BCUT2D eigenvalue weighted by Crippen LogP contribution is 2.16. The van der Waals surface area contributed by atoms with Gasteiger partial charge in [0.1, 0.15) is 6.54 Å². The first kappa shape index (κ1) is 16.3. The van der Waals surface area contributed by atoms with Crippen LogP contribution in [0.4, 0.5) is 0 Å². The van der Waals surface area contributed by atoms with Crippen molar-refractivity contribution in [2.75, 3.05) is 6.61 Å². The molecule has 0 aliphatic carbocycles. The number of aromatic nitrogens is 1. The van der Waals surface area contributed by atoms with Gasteiger partial charge in [0.25, 0.3) is 0 Å². The van der Waals surface area contributed by atoms with Crippen LogP contribution in [-0.4, -0.2) is 23.1 Å². The Kier molecular flexibility index (Phi) is 5.38. The van der Waals surface area contributed by atoms with Crippen LogP contribution in [0.5, 0.6) is 0 Å². The summed E-state index contributed by atoms with van der Waals surface area (Å²) in [6, 6.07) is 5.70. The summed E-state index contributed by atoms with van der Waals surface area (Å²) in [7, 11) is 0. The molecular weight excluding hydrogens is 300 g/mol. The number of rotatable bonds is 6. The van der Waals surface area contributed by atoms with E-state index in [-0.39, 0.29) is 18.4 Å². The van der Waals surface area contributed by atoms with Crippen LogP contribution in [0.3, 0.4) is 0 Å². The molecule has 2 heterocycles. The number of esters is 1. The second-order valence-electron chi connectivity index (χ2n) is 4.95. The molecular formula is C16H20N2O3S. The highest BCUT2D eigenvalue weighted by Gasteiger charge is 2.17. The molecule has 0 saturated carbocycles. The van der Waals surface area contributed by atoms with Gasteiger partial charge < -0.3 is 14.6 Å². The standard InChI is InChI=1S/C16H20N2O3S/c1-4-21-16(20)14-8-11(2)18(12(14)3)10-15(19)17-9-13-6-5-7-22-13/h5-8H,4,9-10H2,1-3H3,(H,17,19). The zero-order chi connectivity index (χ0) is 16.1. The lowest BCUT2D eigenvalue weighted by Gasteiger charge is -2.10. The Hall–Kier alpha value is -2.08. The molecule has 0 unspecified atom stereocenters. The lowest BCUT2D eigenvalue weighted by molar-refractivity contribution is -0.121. The maximum absolute atomic E-state index is 12.1. The molecule has 0 aliphatic rings. The summed E-state index contributed by atoms with van der Waals surface area (Å²) >= 11 is 1.61. The lowest BCUT2D eigenvalue weighted by atomic mass is 10.2. The fraction of sp³-hybridized carbons (Fsp3) is 0.375. The molecule has 2 aromatic heterocycles. The maximum atomic E-state index is 12.1. The van der Waals surface area contributed by atoms with Gasteiger partial charge in [-0.1, -0.05) is 6.07 Å². The van der Waals surface area contributed by atoms with Gasteiger partial charge in [0.15, 0.2) is 0 Å². The molecule has 1 amide bonds. The van der Waals surface area contributed by atoms with Crippen molar-refractivity contribution in [3.63, 3.8) is 0 Å². The predicted octanol–water partition coefficient (Wildman–Crippen LogP) is 2.66. The molecule has 2 rings (SSSR count). The lowest BCUT2D eigenvalue weighted by Crippen LogP contribution is -2.27. The van der Waals surface area contributed by atoms with Gasteiger partial charge in [-0.25, -0.2) is 4.79 Å². The van der Waals surface area contributed by atoms with E-state index in [0.29, 0.717) is 18.7 Å². The van der Waals surface area contributed by atoms with E-state index in [1.54, 1.807) is 24.3 Å². The van der Waals surface area contributed by atoms with Crippen molar-refractivity contribution < 1.29 is 14.3 Å². The molecule has 0 aromatic carbocycles. The normalized spacial score (nSPS) is 10.5. The Morgan fingerprint density at radius 3 is 2.77 bits per heavy atom. The van der Waals surface area contributed by atoms with E-state index in [2.05, 4.69) is 5.32 Å². The summed E-state index contributed by atoms with van der Waals surface area (Å²) in [6.07, 6.45) is 0. The molecule has 0 aliphatic heterocycles. The van der Waals surface area contributed by atoms with E-state index in [1.165, 1.54) is 0 Å². The van der Waals surface area contributed by atoms with Crippen molar-refractivity contribution >= 4 is 23.2 Å². The molecule has 1 N–H and O–H groups in total. The number of amides is 1. The van der Waals surface area contributed by atoms with Crippen LogP contribution in [0.25, 0.3) is 0 Å². The highest BCUT2D eigenvalue weighted by molar-refractivity contribution is 7.09. The average Bonchev–Trinajstić information content (AvgIpc) is 3.09. The Morgan fingerprint density at radius 1 is 1.36 bits per heavy atom. The van der Waals surface area contributed by atoms with Crippen molar-refractivity contribution in [1.29, 1.82) is 0 Å². The fourth-order valence-corrected chi connectivity index (χ4v) is 2.90. The number of thiophene rings is 1. The number of nitrogens with zero attached hydrogens (tertiary/aromatic N) is 1. The van der Waals surface area contributed by atoms with Crippen LogP contribution in [0.2, 0.25) is 0 Å². The number of nitrogens with one attached hydrogen (secondary N) is 1. The van der Waals surface area contributed by atoms with Crippen LogP contribution in [-0.2, 0) is 22.6 Å². The number of hydrogen-bond acceptors (Lipinski definition) is 4. The predicted molar refractivity (Wildman–Crippen MR) is 86.0 cm³/mol. The number of ether oxygens (including phenoxy) is 1. The van der Waals surface area contributed by atoms with E-state index in [0.717, 1.165) is 16.3 Å². The minimum Gasteiger partial charge on any atom is -0.462 e. The second kappa shape index (κ2) is 7.26. The van der Waals surface area contributed by atoms with Crippen molar-refractivity contribution in [2.24, 2.45) is 0 Å². The van der Waals surface area contributed by atoms with Crippen LogP contribution < -0.4 is 5.32 Å². The first-order chi connectivity index (χ1) is 10.5. The van der Waals surface area contributed by atoms with Gasteiger partial charge in [-0.2, -0.15) is 0 Å². The van der Waals surface area contributed by atoms with Crippen LogP contribution in [0.15, 0.2) is 23.6 Å². The van der Waals surface area contributed by atoms with E-state index in [9.17, 15) is 9.59 Å². The maximum Gasteiger partial charge on any atom is 0.339 e. The van der Waals surface area contributed by atoms with E-state index in [4.69, 9.17) is 4.74 Å². The fourth-order valence-electron chi connectivity index (χ4n) is 2.26. The van der Waals surface area contributed by atoms with Gasteiger partial charge in [0.05, 0.1) is 18.7 Å². The van der Waals surface area contributed by atoms with Crippen molar-refractivity contribution in [3.05, 3.63) is 45.4 Å². The summed E-state index contributed by atoms with van der Waals surface area (Å²) in [5, 5.41) is 4.87. The Bertz CT molecular complexity index is 659. The summed E-state index contributed by atoms with van der Waals surface area (Å²) < 4.78 is 6.86. The van der Waals surface area contributed by atoms with Gasteiger partial charge in [-0.15, -0.1) is 11.3 Å². The Balaban J connectivity index is 2.02. The second-order valence-corrected chi connectivity index (χ2v) is 5.98. The molecule has 0 atom stereocenters. The molecule has 0 radical (unpaired) electrons. The summed E-state index contributed by atoms with van der Waals surface area (Å²) in [5.41, 5.74) is 2.14. The molecule has 2 aromatic rings. The monoisotopic (exact) mass is 320 g/mol. The van der Waals surface area contributed by atoms with Gasteiger partial charge in [-0.05, 0) is 38.3 Å². The summed E-state index contributed by atoms with van der Waals surface area (Å²) in [4.78, 5) is 25.0. The quantitative estimate of drug-likeness (QED) is 0.833. The van der Waals surface area contributed by atoms with Crippen molar-refractivity contribution in [2.45, 2.75) is 33.9 Å².